The smallest absolute Gasteiger partial charge is 0.120 e. The molecule has 0 saturated carbocycles. The van der Waals surface area contributed by atoms with E-state index in [1.54, 1.807) is 0 Å². The summed E-state index contributed by atoms with van der Waals surface area (Å²) in [6, 6.07) is 49.0. The van der Waals surface area contributed by atoms with Crippen molar-refractivity contribution in [2.75, 3.05) is 0 Å². The molecular formula is C47H40IrN2OSSi-2. The van der Waals surface area contributed by atoms with E-state index < -0.39 is 8.07 Å². The summed E-state index contributed by atoms with van der Waals surface area (Å²) < 4.78 is 8.55. The van der Waals surface area contributed by atoms with E-state index in [1.807, 2.05) is 41.8 Å². The van der Waals surface area contributed by atoms with Crippen LogP contribution in [0.1, 0.15) is 30.5 Å². The van der Waals surface area contributed by atoms with Gasteiger partial charge >= 0.3 is 0 Å². The standard InChI is InChI=1S/C26H20NO.C21H20NSSi.Ir/c1-26(2,19-8-4-3-5-9-19)20-14-15-27-23(17-20)18-12-13-25-22(16-18)21-10-6-7-11-24(21)28-25;1-14-9-11-16(18-12-10-15(13-22-18)24(2,3)4)21-20(14)17-7-5-6-8-19(17)23-21;/h3-11,13-17H,1-2H3;5-10,12-13H,1-4H3;/q2*-1;. The summed E-state index contributed by atoms with van der Waals surface area (Å²) in [5.41, 5.74) is 9.49. The first-order chi connectivity index (χ1) is 25.1. The maximum atomic E-state index is 5.93. The molecule has 3 nitrogen and oxygen atoms in total. The van der Waals surface area contributed by atoms with Crippen LogP contribution in [0.3, 0.4) is 0 Å². The van der Waals surface area contributed by atoms with Gasteiger partial charge in [-0.25, -0.2) is 0 Å². The van der Waals surface area contributed by atoms with Crippen molar-refractivity contribution < 1.29 is 24.5 Å². The zero-order valence-electron chi connectivity index (χ0n) is 30.7. The van der Waals surface area contributed by atoms with Crippen molar-refractivity contribution in [3.63, 3.8) is 0 Å². The quantitative estimate of drug-likeness (QED) is 0.128. The first kappa shape index (κ1) is 36.6. The molecule has 0 N–H and O–H groups in total. The second-order valence-corrected chi connectivity index (χ2v) is 21.1. The molecule has 0 fully saturated rings. The number of para-hydroxylation sites is 1. The molecular weight excluding hydrogens is 861 g/mol. The number of rotatable bonds is 5. The van der Waals surface area contributed by atoms with E-state index in [9.17, 15) is 0 Å². The van der Waals surface area contributed by atoms with Crippen LogP contribution in [-0.4, -0.2) is 18.0 Å². The second-order valence-electron chi connectivity index (χ2n) is 15.0. The number of pyridine rings is 2. The summed E-state index contributed by atoms with van der Waals surface area (Å²) >= 11 is 1.84. The summed E-state index contributed by atoms with van der Waals surface area (Å²) in [6.45, 7) is 13.7. The fourth-order valence-corrected chi connectivity index (χ4v) is 9.23. The van der Waals surface area contributed by atoms with Gasteiger partial charge in [0.1, 0.15) is 5.58 Å². The average Bonchev–Trinajstić information content (AvgIpc) is 3.75. The molecule has 0 aliphatic heterocycles. The van der Waals surface area contributed by atoms with Gasteiger partial charge in [-0.15, -0.1) is 47.0 Å². The van der Waals surface area contributed by atoms with Crippen LogP contribution < -0.4 is 5.19 Å². The zero-order chi connectivity index (χ0) is 36.0. The maximum Gasteiger partial charge on any atom is 0.120 e. The summed E-state index contributed by atoms with van der Waals surface area (Å²) in [5.74, 6) is 0. The van der Waals surface area contributed by atoms with Gasteiger partial charge in [-0.05, 0) is 56.0 Å². The monoisotopic (exact) mass is 901 g/mol. The van der Waals surface area contributed by atoms with Crippen molar-refractivity contribution in [2.45, 2.75) is 45.8 Å². The van der Waals surface area contributed by atoms with Crippen LogP contribution in [0.5, 0.6) is 0 Å². The average molecular weight is 901 g/mol. The van der Waals surface area contributed by atoms with Gasteiger partial charge in [0.2, 0.25) is 0 Å². The molecule has 0 amide bonds. The van der Waals surface area contributed by atoms with Crippen molar-refractivity contribution in [1.82, 2.24) is 9.97 Å². The Balaban J connectivity index is 0.000000163. The fourth-order valence-electron chi connectivity index (χ4n) is 6.91. The molecule has 0 atom stereocenters. The number of hydrogen-bond donors (Lipinski definition) is 0. The number of hydrogen-bond acceptors (Lipinski definition) is 4. The molecule has 0 unspecified atom stereocenters. The van der Waals surface area contributed by atoms with Gasteiger partial charge in [-0.3, -0.25) is 0 Å². The molecule has 0 aliphatic carbocycles. The van der Waals surface area contributed by atoms with Crippen LogP contribution >= 0.6 is 11.3 Å². The van der Waals surface area contributed by atoms with E-state index >= 15 is 0 Å². The molecule has 9 aromatic rings. The Morgan fingerprint density at radius 3 is 2.17 bits per heavy atom. The van der Waals surface area contributed by atoms with Crippen molar-refractivity contribution in [2.24, 2.45) is 0 Å². The molecule has 9 rings (SSSR count). The Hall–Kier alpha value is -4.71. The normalized spacial score (nSPS) is 11.8. The van der Waals surface area contributed by atoms with E-state index in [4.69, 9.17) is 9.40 Å². The first-order valence-corrected chi connectivity index (χ1v) is 22.0. The van der Waals surface area contributed by atoms with Gasteiger partial charge in [0.25, 0.3) is 0 Å². The minimum Gasteiger partial charge on any atom is -0.500 e. The number of furan rings is 1. The molecule has 4 heterocycles. The molecule has 0 saturated heterocycles. The predicted molar refractivity (Wildman–Crippen MR) is 223 cm³/mol. The summed E-state index contributed by atoms with van der Waals surface area (Å²) in [7, 11) is -1.32. The number of benzene rings is 5. The van der Waals surface area contributed by atoms with Crippen LogP contribution in [0.25, 0.3) is 64.6 Å². The van der Waals surface area contributed by atoms with E-state index in [1.165, 1.54) is 42.0 Å². The van der Waals surface area contributed by atoms with Gasteiger partial charge in [0.05, 0.1) is 13.7 Å². The molecule has 0 spiro atoms. The number of thiophene rings is 1. The fraction of sp³-hybridized carbons (Fsp3) is 0.149. The largest absolute Gasteiger partial charge is 0.500 e. The molecule has 4 aromatic heterocycles. The molecule has 53 heavy (non-hydrogen) atoms. The van der Waals surface area contributed by atoms with Crippen molar-refractivity contribution in [1.29, 1.82) is 0 Å². The molecule has 0 bridgehead atoms. The van der Waals surface area contributed by atoms with Gasteiger partial charge in [-0.2, -0.15) is 11.3 Å². The van der Waals surface area contributed by atoms with Gasteiger partial charge in [-0.1, -0.05) is 136 Å². The molecule has 0 aliphatic rings. The topological polar surface area (TPSA) is 38.9 Å². The van der Waals surface area contributed by atoms with Crippen LogP contribution in [0, 0.1) is 19.1 Å². The second kappa shape index (κ2) is 14.6. The van der Waals surface area contributed by atoms with Crippen molar-refractivity contribution >= 4 is 66.7 Å². The van der Waals surface area contributed by atoms with E-state index in [0.717, 1.165) is 44.5 Å². The van der Waals surface area contributed by atoms with Crippen LogP contribution in [0.4, 0.5) is 0 Å². The number of fused-ring (bicyclic) bond motifs is 6. The Bertz CT molecular complexity index is 2710. The summed E-state index contributed by atoms with van der Waals surface area (Å²) in [5, 5.41) is 6.29. The van der Waals surface area contributed by atoms with E-state index in [2.05, 4.69) is 161 Å². The molecule has 1 radical (unpaired) electrons. The van der Waals surface area contributed by atoms with Gasteiger partial charge < -0.3 is 14.4 Å². The number of aromatic nitrogens is 2. The summed E-state index contributed by atoms with van der Waals surface area (Å²) in [6.07, 6.45) is 3.95. The SMILES string of the molecule is CC(C)(c1ccccc1)c1ccnc(-c2[c-]cc3oc4ccccc4c3c2)c1.Cc1c[c-]c(-c2ccc([Si](C)(C)C)cn2)c2sc3ccccc3c12.[Ir]. The van der Waals surface area contributed by atoms with Crippen LogP contribution in [0.15, 0.2) is 138 Å². The Morgan fingerprint density at radius 2 is 1.42 bits per heavy atom. The van der Waals surface area contributed by atoms with Crippen LogP contribution in [-0.2, 0) is 25.5 Å². The minimum absolute atomic E-state index is 0. The molecule has 5 aromatic carbocycles. The van der Waals surface area contributed by atoms with Gasteiger partial charge in [0.15, 0.2) is 0 Å². The third kappa shape index (κ3) is 7.05. The Morgan fingerprint density at radius 1 is 0.679 bits per heavy atom. The van der Waals surface area contributed by atoms with E-state index in [0.29, 0.717) is 0 Å². The minimum atomic E-state index is -1.32. The maximum absolute atomic E-state index is 5.93. The van der Waals surface area contributed by atoms with Crippen molar-refractivity contribution in [3.8, 4) is 22.5 Å². The number of nitrogens with zero attached hydrogens (tertiary/aromatic N) is 2. The van der Waals surface area contributed by atoms with E-state index in [-0.39, 0.29) is 25.5 Å². The number of aryl methyl sites for hydroxylation is 1. The predicted octanol–water partition coefficient (Wildman–Crippen LogP) is 12.5. The Labute approximate surface area is 330 Å². The van der Waals surface area contributed by atoms with Crippen LogP contribution in [0.2, 0.25) is 19.6 Å². The third-order valence-electron chi connectivity index (χ3n) is 10.1. The first-order valence-electron chi connectivity index (χ1n) is 17.7. The van der Waals surface area contributed by atoms with Crippen molar-refractivity contribution in [3.05, 3.63) is 163 Å². The Kier molecular flexibility index (Phi) is 10.1. The van der Waals surface area contributed by atoms with Gasteiger partial charge in [0, 0.05) is 48.0 Å². The summed E-state index contributed by atoms with van der Waals surface area (Å²) in [4.78, 5) is 9.40. The molecule has 265 valence electrons. The third-order valence-corrected chi connectivity index (χ3v) is 13.3. The molecule has 6 heteroatoms. The zero-order valence-corrected chi connectivity index (χ0v) is 35.0.